The molecule has 0 spiro atoms. The molecule has 88 valence electrons. The molecule has 3 heteroatoms. The molecule has 0 aliphatic rings. The van der Waals surface area contributed by atoms with Crippen LogP contribution in [-0.4, -0.2) is 11.9 Å². The van der Waals surface area contributed by atoms with E-state index in [0.29, 0.717) is 12.3 Å². The van der Waals surface area contributed by atoms with Crippen LogP contribution >= 0.6 is 0 Å². The maximum Gasteiger partial charge on any atom is 0.225 e. The van der Waals surface area contributed by atoms with Crippen LogP contribution in [0.15, 0.2) is 24.3 Å². The van der Waals surface area contributed by atoms with Gasteiger partial charge in [0.25, 0.3) is 0 Å². The Balaban J connectivity index is 2.58. The van der Waals surface area contributed by atoms with Crippen LogP contribution in [0.1, 0.15) is 38.7 Å². The van der Waals surface area contributed by atoms with Gasteiger partial charge in [0.1, 0.15) is 0 Å². The lowest BCUT2D eigenvalue weighted by Gasteiger charge is -2.09. The van der Waals surface area contributed by atoms with Gasteiger partial charge in [0, 0.05) is 18.2 Å². The Hall–Kier alpha value is -1.35. The van der Waals surface area contributed by atoms with Crippen LogP contribution in [0, 0.1) is 0 Å². The number of anilines is 1. The lowest BCUT2D eigenvalue weighted by atomic mass is 10.0. The molecule has 0 aliphatic carbocycles. The third kappa shape index (κ3) is 4.03. The molecule has 1 amide bonds. The van der Waals surface area contributed by atoms with Crippen molar-refractivity contribution in [2.75, 3.05) is 5.32 Å². The summed E-state index contributed by atoms with van der Waals surface area (Å²) in [5, 5.41) is 2.82. The van der Waals surface area contributed by atoms with E-state index in [-0.39, 0.29) is 11.9 Å². The Labute approximate surface area is 97.0 Å². The number of carbonyl (C=O) groups is 1. The Morgan fingerprint density at radius 2 is 1.81 bits per heavy atom. The second-order valence-electron chi connectivity index (χ2n) is 4.51. The molecule has 3 N–H and O–H groups in total. The Bertz CT molecular complexity index is 341. The molecule has 0 saturated carbocycles. The van der Waals surface area contributed by atoms with Crippen LogP contribution in [0.2, 0.25) is 0 Å². The van der Waals surface area contributed by atoms with Crippen LogP contribution in [0.3, 0.4) is 0 Å². The molecule has 0 fully saturated rings. The molecule has 0 aliphatic heterocycles. The fraction of sp³-hybridized carbons (Fsp3) is 0.462. The van der Waals surface area contributed by atoms with Gasteiger partial charge in [-0.05, 0) is 30.5 Å². The number of nitrogens with one attached hydrogen (secondary N) is 1. The van der Waals surface area contributed by atoms with Crippen molar-refractivity contribution in [1.82, 2.24) is 0 Å². The van der Waals surface area contributed by atoms with Crippen LogP contribution in [0.25, 0.3) is 0 Å². The monoisotopic (exact) mass is 220 g/mol. The molecule has 1 aromatic carbocycles. The van der Waals surface area contributed by atoms with Crippen molar-refractivity contribution < 1.29 is 4.79 Å². The molecule has 0 bridgehead atoms. The smallest absolute Gasteiger partial charge is 0.225 e. The summed E-state index contributed by atoms with van der Waals surface area (Å²) in [6.07, 6.45) is 0.353. The van der Waals surface area contributed by atoms with E-state index in [9.17, 15) is 4.79 Å². The molecular weight excluding hydrogens is 200 g/mol. The maximum absolute atomic E-state index is 11.5. The van der Waals surface area contributed by atoms with Gasteiger partial charge in [-0.3, -0.25) is 4.79 Å². The standard InChI is InChI=1S/C13H20N2O/c1-9(2)11-4-6-12(7-5-11)15-13(16)8-10(3)14/h4-7,9-10H,8,14H2,1-3H3,(H,15,16). The molecule has 0 heterocycles. The van der Waals surface area contributed by atoms with Crippen LogP contribution in [-0.2, 0) is 4.79 Å². The number of amides is 1. The average Bonchev–Trinajstić information content (AvgIpc) is 2.16. The van der Waals surface area contributed by atoms with Gasteiger partial charge < -0.3 is 11.1 Å². The van der Waals surface area contributed by atoms with E-state index in [1.54, 1.807) is 0 Å². The first-order valence-corrected chi connectivity index (χ1v) is 5.64. The molecule has 0 radical (unpaired) electrons. The molecule has 3 nitrogen and oxygen atoms in total. The maximum atomic E-state index is 11.5. The van der Waals surface area contributed by atoms with Crippen molar-refractivity contribution in [3.63, 3.8) is 0 Å². The topological polar surface area (TPSA) is 55.1 Å². The summed E-state index contributed by atoms with van der Waals surface area (Å²) in [4.78, 5) is 11.5. The van der Waals surface area contributed by atoms with E-state index in [4.69, 9.17) is 5.73 Å². The van der Waals surface area contributed by atoms with Gasteiger partial charge in [0.2, 0.25) is 5.91 Å². The lowest BCUT2D eigenvalue weighted by molar-refractivity contribution is -0.116. The fourth-order valence-corrected chi connectivity index (χ4v) is 1.46. The Morgan fingerprint density at radius 3 is 2.25 bits per heavy atom. The SMILES string of the molecule is CC(N)CC(=O)Nc1ccc(C(C)C)cc1. The highest BCUT2D eigenvalue weighted by atomic mass is 16.1. The average molecular weight is 220 g/mol. The van der Waals surface area contributed by atoms with Crippen molar-refractivity contribution >= 4 is 11.6 Å². The zero-order valence-electron chi connectivity index (χ0n) is 10.2. The second kappa shape index (κ2) is 5.66. The van der Waals surface area contributed by atoms with Gasteiger partial charge in [-0.1, -0.05) is 26.0 Å². The van der Waals surface area contributed by atoms with Gasteiger partial charge in [-0.25, -0.2) is 0 Å². The van der Waals surface area contributed by atoms with Gasteiger partial charge >= 0.3 is 0 Å². The third-order valence-electron chi connectivity index (χ3n) is 2.37. The predicted octanol–water partition coefficient (Wildman–Crippen LogP) is 2.49. The number of nitrogens with two attached hydrogens (primary N) is 1. The highest BCUT2D eigenvalue weighted by Crippen LogP contribution is 2.17. The molecular formula is C13H20N2O. The summed E-state index contributed by atoms with van der Waals surface area (Å²) in [6.45, 7) is 6.11. The van der Waals surface area contributed by atoms with Crippen LogP contribution in [0.4, 0.5) is 5.69 Å². The van der Waals surface area contributed by atoms with E-state index in [0.717, 1.165) is 5.69 Å². The molecule has 0 saturated heterocycles. The Morgan fingerprint density at radius 1 is 1.25 bits per heavy atom. The van der Waals surface area contributed by atoms with Crippen molar-refractivity contribution in [2.24, 2.45) is 5.73 Å². The first kappa shape index (κ1) is 12.7. The highest BCUT2D eigenvalue weighted by molar-refractivity contribution is 5.91. The van der Waals surface area contributed by atoms with Gasteiger partial charge in [-0.2, -0.15) is 0 Å². The van der Waals surface area contributed by atoms with Crippen LogP contribution in [0.5, 0.6) is 0 Å². The molecule has 1 unspecified atom stereocenters. The van der Waals surface area contributed by atoms with E-state index >= 15 is 0 Å². The summed E-state index contributed by atoms with van der Waals surface area (Å²) < 4.78 is 0. The van der Waals surface area contributed by atoms with Crippen molar-refractivity contribution in [3.8, 4) is 0 Å². The predicted molar refractivity (Wildman–Crippen MR) is 67.4 cm³/mol. The van der Waals surface area contributed by atoms with Crippen molar-refractivity contribution in [2.45, 2.75) is 39.2 Å². The number of hydrogen-bond acceptors (Lipinski definition) is 2. The van der Waals surface area contributed by atoms with Crippen molar-refractivity contribution in [3.05, 3.63) is 29.8 Å². The summed E-state index contributed by atoms with van der Waals surface area (Å²) in [6, 6.07) is 7.82. The van der Waals surface area contributed by atoms with Crippen molar-refractivity contribution in [1.29, 1.82) is 0 Å². The summed E-state index contributed by atoms with van der Waals surface area (Å²) in [5.74, 6) is 0.473. The van der Waals surface area contributed by atoms with E-state index in [2.05, 4.69) is 19.2 Å². The van der Waals surface area contributed by atoms with Gasteiger partial charge in [0.15, 0.2) is 0 Å². The fourth-order valence-electron chi connectivity index (χ4n) is 1.46. The second-order valence-corrected chi connectivity index (χ2v) is 4.51. The molecule has 1 aromatic rings. The normalized spacial score (nSPS) is 12.6. The van der Waals surface area contributed by atoms with Gasteiger partial charge in [0.05, 0.1) is 0 Å². The third-order valence-corrected chi connectivity index (χ3v) is 2.37. The number of hydrogen-bond donors (Lipinski definition) is 2. The summed E-state index contributed by atoms with van der Waals surface area (Å²) >= 11 is 0. The zero-order chi connectivity index (χ0) is 12.1. The largest absolute Gasteiger partial charge is 0.327 e. The highest BCUT2D eigenvalue weighted by Gasteiger charge is 2.05. The minimum Gasteiger partial charge on any atom is -0.327 e. The number of carbonyl (C=O) groups excluding carboxylic acids is 1. The lowest BCUT2D eigenvalue weighted by Crippen LogP contribution is -2.23. The van der Waals surface area contributed by atoms with Gasteiger partial charge in [-0.15, -0.1) is 0 Å². The number of rotatable bonds is 4. The molecule has 1 atom stereocenters. The zero-order valence-corrected chi connectivity index (χ0v) is 10.2. The molecule has 0 aromatic heterocycles. The minimum atomic E-state index is -0.102. The molecule has 1 rings (SSSR count). The van der Waals surface area contributed by atoms with E-state index in [1.165, 1.54) is 5.56 Å². The quantitative estimate of drug-likeness (QED) is 0.819. The summed E-state index contributed by atoms with van der Waals surface area (Å²) in [7, 11) is 0. The van der Waals surface area contributed by atoms with E-state index in [1.807, 2.05) is 31.2 Å². The molecule has 16 heavy (non-hydrogen) atoms. The first-order valence-electron chi connectivity index (χ1n) is 5.64. The Kier molecular flexibility index (Phi) is 4.50. The van der Waals surface area contributed by atoms with E-state index < -0.39 is 0 Å². The van der Waals surface area contributed by atoms with Crippen LogP contribution < -0.4 is 11.1 Å². The summed E-state index contributed by atoms with van der Waals surface area (Å²) in [5.41, 5.74) is 7.65. The number of benzene rings is 1. The minimum absolute atomic E-state index is 0.0349. The first-order chi connectivity index (χ1) is 7.49.